The number of carboxylic acid groups (broad SMARTS) is 1. The van der Waals surface area contributed by atoms with Crippen LogP contribution in [0.1, 0.15) is 78.8 Å². The molecule has 0 aromatic heterocycles. The van der Waals surface area contributed by atoms with Gasteiger partial charge in [0.15, 0.2) is 17.3 Å². The van der Waals surface area contributed by atoms with Crippen LogP contribution in [0.3, 0.4) is 0 Å². The van der Waals surface area contributed by atoms with E-state index in [-0.39, 0.29) is 67.2 Å². The minimum Gasteiger partial charge on any atom is -0.480 e. The van der Waals surface area contributed by atoms with E-state index >= 15 is 0 Å². The van der Waals surface area contributed by atoms with E-state index in [2.05, 4.69) is 68.9 Å². The third kappa shape index (κ3) is 27.4. The van der Waals surface area contributed by atoms with Crippen molar-refractivity contribution in [2.24, 2.45) is 5.73 Å². The molecule has 4 amide bonds. The molecule has 2 saturated heterocycles. The highest BCUT2D eigenvalue weighted by Crippen LogP contribution is 2.19. The molecule has 0 aliphatic carbocycles. The maximum atomic E-state index is 11.8. The summed E-state index contributed by atoms with van der Waals surface area (Å²) in [6.45, 7) is 8.54. The maximum absolute atomic E-state index is 11.8. The van der Waals surface area contributed by atoms with Crippen LogP contribution in [0.25, 0.3) is 0 Å². The Bertz CT molecular complexity index is 2610. The van der Waals surface area contributed by atoms with E-state index in [1.165, 1.54) is 31.2 Å². The number of nitrogens with one attached hydrogen (secondary N) is 5. The molecule has 5 unspecified atom stereocenters. The Kier molecular flexibility index (Phi) is 31.6. The average molecular weight is 1090 g/mol. The summed E-state index contributed by atoms with van der Waals surface area (Å²) in [5, 5.41) is 22.4. The Labute approximate surface area is 466 Å². The lowest BCUT2D eigenvalue weighted by Crippen LogP contribution is -2.51. The van der Waals surface area contributed by atoms with Crippen molar-refractivity contribution >= 4 is 46.9 Å². The third-order valence-corrected chi connectivity index (χ3v) is 11.6. The molecule has 0 bridgehead atoms. The molecule has 2 aliphatic rings. The molecule has 8 N–H and O–H groups in total. The predicted molar refractivity (Wildman–Crippen MR) is 308 cm³/mol. The van der Waals surface area contributed by atoms with Gasteiger partial charge in [-0.3, -0.25) is 43.3 Å². The number of hydrogen-bond donors (Lipinski definition) is 7. The summed E-state index contributed by atoms with van der Waals surface area (Å²) in [7, 11) is 12.6. The predicted octanol–water partition coefficient (Wildman–Crippen LogP) is 4.13. The standard InChI is InChI=1S/C13H18N2O2.C12H16N2O2.C11H12N2O2.C11H16N2.C9H11NO.C4H9NO2/c1-10(16)13(11-7-5-4-6-8-11)14-12(17)9-15(2)3;1-9(15)12(14-11(16)8-13-2)10-6-4-3-5-7-10;1-13-7-9(14)12-10(11(13)15)8-5-3-2-4-6-8;1-13-8-7-12-11(9-13)10-5-3-2-4-6-10;1-7(11)9(10)8-5-3-2-4-6-8;1-5(2)3-4(6)7/h4-8,13H,9H2,1-3H3,(H,14,17);3-7,12-13H,8H2,1-2H3,(H,14,16);2-6,10H,7H2,1H3,(H,12,14);2-6,11-12H,7-9H2,1H3;2-6,9H,10H2,1H3;3H2,1-2H3,(H,6,7). The van der Waals surface area contributed by atoms with E-state index in [0.717, 1.165) is 41.9 Å². The Morgan fingerprint density at radius 3 is 1.42 bits per heavy atom. The van der Waals surface area contributed by atoms with Crippen LogP contribution in [-0.4, -0.2) is 167 Å². The SMILES string of the molecule is CC(=O)C(N)c1ccccc1.CC(=O)C(NC(=O)CN(C)C)c1ccccc1.CN(C)CC(=O)O.CN1CC(=O)NC(c2ccccc2)C1=O.CN1CCNC(c2ccccc2)C1.CNCC(=O)NC(C(C)=O)c1ccccc1. The summed E-state index contributed by atoms with van der Waals surface area (Å²) in [5.74, 6) is -1.46. The van der Waals surface area contributed by atoms with E-state index in [1.54, 1.807) is 38.0 Å². The zero-order valence-corrected chi connectivity index (χ0v) is 47.3. The van der Waals surface area contributed by atoms with Gasteiger partial charge in [-0.1, -0.05) is 152 Å². The van der Waals surface area contributed by atoms with Crippen molar-refractivity contribution in [1.29, 1.82) is 0 Å². The zero-order chi connectivity index (χ0) is 58.9. The molecular formula is C60H82N10O9. The van der Waals surface area contributed by atoms with E-state index < -0.39 is 30.1 Å². The number of benzene rings is 5. The summed E-state index contributed by atoms with van der Waals surface area (Å²) in [5.41, 5.74) is 10.3. The molecule has 19 nitrogen and oxygen atoms in total. The lowest BCUT2D eigenvalue weighted by molar-refractivity contribution is -0.143. The number of carboxylic acids is 1. The van der Waals surface area contributed by atoms with Gasteiger partial charge in [0.1, 0.15) is 18.1 Å². The summed E-state index contributed by atoms with van der Waals surface area (Å²) < 4.78 is 0. The summed E-state index contributed by atoms with van der Waals surface area (Å²) in [4.78, 5) is 96.9. The van der Waals surface area contributed by atoms with Gasteiger partial charge in [0.25, 0.3) is 0 Å². The molecule has 426 valence electrons. The normalized spacial score (nSPS) is 15.7. The Hall–Kier alpha value is -7.78. The van der Waals surface area contributed by atoms with Crippen molar-refractivity contribution in [2.75, 3.05) is 95.1 Å². The minimum absolute atomic E-state index is 0.00352. The monoisotopic (exact) mass is 1090 g/mol. The fourth-order valence-electron chi connectivity index (χ4n) is 7.62. The first-order valence-electron chi connectivity index (χ1n) is 25.8. The van der Waals surface area contributed by atoms with Gasteiger partial charge in [-0.05, 0) is 90.9 Å². The van der Waals surface area contributed by atoms with Crippen molar-refractivity contribution in [3.8, 4) is 0 Å². The molecule has 7 rings (SSSR count). The number of likely N-dealkylation sites (N-methyl/N-ethyl adjacent to an activating group) is 5. The van der Waals surface area contributed by atoms with E-state index in [1.807, 2.05) is 135 Å². The number of rotatable bonds is 16. The number of amides is 4. The first-order chi connectivity index (χ1) is 37.5. The number of hydrogen-bond acceptors (Lipinski definition) is 14. The molecule has 5 aromatic rings. The molecule has 5 atom stereocenters. The van der Waals surface area contributed by atoms with Gasteiger partial charge in [0.05, 0.1) is 32.2 Å². The summed E-state index contributed by atoms with van der Waals surface area (Å²) in [6.07, 6.45) is 0. The van der Waals surface area contributed by atoms with Gasteiger partial charge in [-0.25, -0.2) is 0 Å². The van der Waals surface area contributed by atoms with Crippen molar-refractivity contribution in [1.82, 2.24) is 46.2 Å². The van der Waals surface area contributed by atoms with Crippen molar-refractivity contribution < 1.29 is 43.5 Å². The molecule has 2 aliphatic heterocycles. The fourth-order valence-corrected chi connectivity index (χ4v) is 7.62. The largest absolute Gasteiger partial charge is 0.480 e. The molecule has 0 spiro atoms. The second kappa shape index (κ2) is 37.1. The molecule has 0 saturated carbocycles. The number of aliphatic carboxylic acids is 1. The quantitative estimate of drug-likeness (QED) is 0.0734. The van der Waals surface area contributed by atoms with Crippen LogP contribution in [0.4, 0.5) is 0 Å². The molecule has 5 aromatic carbocycles. The molecular weight excluding hydrogens is 1000 g/mol. The van der Waals surface area contributed by atoms with Crippen LogP contribution < -0.4 is 32.3 Å². The Morgan fingerprint density at radius 2 is 1.04 bits per heavy atom. The maximum Gasteiger partial charge on any atom is 0.317 e. The molecule has 2 heterocycles. The molecule has 79 heavy (non-hydrogen) atoms. The Morgan fingerprint density at radius 1 is 0.620 bits per heavy atom. The van der Waals surface area contributed by atoms with Gasteiger partial charge in [-0.2, -0.15) is 0 Å². The number of carbonyl (C=O) groups excluding carboxylic acids is 7. The van der Waals surface area contributed by atoms with Gasteiger partial charge >= 0.3 is 5.97 Å². The smallest absolute Gasteiger partial charge is 0.317 e. The van der Waals surface area contributed by atoms with Crippen LogP contribution in [0.15, 0.2) is 152 Å². The highest BCUT2D eigenvalue weighted by Gasteiger charge is 2.31. The Balaban J connectivity index is 0.000000329. The topological polar surface area (TPSA) is 256 Å². The third-order valence-electron chi connectivity index (χ3n) is 11.6. The number of piperazine rings is 2. The van der Waals surface area contributed by atoms with E-state index in [9.17, 15) is 38.4 Å². The van der Waals surface area contributed by atoms with Crippen LogP contribution in [-0.2, 0) is 38.4 Å². The number of nitrogens with zero attached hydrogens (tertiary/aromatic N) is 4. The second-order valence-electron chi connectivity index (χ2n) is 19.2. The zero-order valence-electron chi connectivity index (χ0n) is 47.3. The van der Waals surface area contributed by atoms with Gasteiger partial charge in [0, 0.05) is 32.7 Å². The van der Waals surface area contributed by atoms with Crippen LogP contribution in [0.5, 0.6) is 0 Å². The molecule has 0 radical (unpaired) electrons. The van der Waals surface area contributed by atoms with Crippen molar-refractivity contribution in [3.63, 3.8) is 0 Å². The minimum atomic E-state index is -0.787. The molecule has 2 fully saturated rings. The molecule has 19 heteroatoms. The first-order valence-corrected chi connectivity index (χ1v) is 25.8. The lowest BCUT2D eigenvalue weighted by atomic mass is 10.0. The highest BCUT2D eigenvalue weighted by atomic mass is 16.4. The van der Waals surface area contributed by atoms with E-state index in [4.69, 9.17) is 10.8 Å². The van der Waals surface area contributed by atoms with Crippen molar-refractivity contribution in [3.05, 3.63) is 179 Å². The summed E-state index contributed by atoms with van der Waals surface area (Å²) >= 11 is 0. The van der Waals surface area contributed by atoms with Gasteiger partial charge in [-0.15, -0.1) is 0 Å². The average Bonchev–Trinajstić information content (AvgIpc) is 3.42. The highest BCUT2D eigenvalue weighted by molar-refractivity contribution is 5.95. The second-order valence-corrected chi connectivity index (χ2v) is 19.2. The first kappa shape index (κ1) is 67.3. The number of ketones is 3. The van der Waals surface area contributed by atoms with Gasteiger partial charge in [0.2, 0.25) is 23.6 Å². The number of carbonyl (C=O) groups is 8. The van der Waals surface area contributed by atoms with Crippen LogP contribution >= 0.6 is 0 Å². The van der Waals surface area contributed by atoms with Crippen molar-refractivity contribution in [2.45, 2.75) is 51.0 Å². The number of nitrogens with two attached hydrogens (primary N) is 1. The van der Waals surface area contributed by atoms with Gasteiger partial charge < -0.3 is 52.1 Å². The summed E-state index contributed by atoms with van der Waals surface area (Å²) in [6, 6.07) is 46.1. The number of Topliss-reactive ketones (excluding diaryl/α,β-unsaturated/α-hetero) is 3. The van der Waals surface area contributed by atoms with Crippen LogP contribution in [0.2, 0.25) is 0 Å². The van der Waals surface area contributed by atoms with Crippen LogP contribution in [0, 0.1) is 0 Å². The van der Waals surface area contributed by atoms with E-state index in [0.29, 0.717) is 6.04 Å². The fraction of sp³-hybridized carbons (Fsp3) is 0.367. The lowest BCUT2D eigenvalue weighted by Gasteiger charge is -2.31.